The predicted molar refractivity (Wildman–Crippen MR) is 55.4 cm³/mol. The smallest absolute Gasteiger partial charge is 0.316 e. The lowest BCUT2D eigenvalue weighted by Gasteiger charge is -2.38. The van der Waals surface area contributed by atoms with Crippen molar-refractivity contribution < 1.29 is 14.3 Å². The van der Waals surface area contributed by atoms with E-state index in [1.807, 2.05) is 30.3 Å². The summed E-state index contributed by atoms with van der Waals surface area (Å²) in [4.78, 5) is 11.6. The zero-order valence-corrected chi connectivity index (χ0v) is 8.73. The molecule has 3 heteroatoms. The molecule has 15 heavy (non-hydrogen) atoms. The van der Waals surface area contributed by atoms with Crippen molar-refractivity contribution in [3.05, 3.63) is 35.9 Å². The van der Waals surface area contributed by atoms with Crippen LogP contribution >= 0.6 is 0 Å². The third-order valence-corrected chi connectivity index (χ3v) is 2.76. The molecule has 0 bridgehead atoms. The summed E-state index contributed by atoms with van der Waals surface area (Å²) >= 11 is 0. The van der Waals surface area contributed by atoms with Gasteiger partial charge in [0.2, 0.25) is 0 Å². The van der Waals surface area contributed by atoms with Crippen LogP contribution in [0.25, 0.3) is 0 Å². The Bertz CT molecular complexity index is 341. The Kier molecular flexibility index (Phi) is 2.73. The van der Waals surface area contributed by atoms with Crippen molar-refractivity contribution in [1.82, 2.24) is 0 Å². The second kappa shape index (κ2) is 4.03. The maximum Gasteiger partial charge on any atom is 0.316 e. The maximum atomic E-state index is 11.6. The maximum absolute atomic E-state index is 11.6. The van der Waals surface area contributed by atoms with Crippen molar-refractivity contribution in [2.24, 2.45) is 5.41 Å². The van der Waals surface area contributed by atoms with Gasteiger partial charge in [-0.05, 0) is 12.0 Å². The minimum absolute atomic E-state index is 0.169. The van der Waals surface area contributed by atoms with Gasteiger partial charge < -0.3 is 9.47 Å². The van der Waals surface area contributed by atoms with Crippen LogP contribution < -0.4 is 0 Å². The Morgan fingerprint density at radius 1 is 1.40 bits per heavy atom. The third-order valence-electron chi connectivity index (χ3n) is 2.76. The lowest BCUT2D eigenvalue weighted by molar-refractivity contribution is -0.182. The van der Waals surface area contributed by atoms with Crippen molar-refractivity contribution in [1.29, 1.82) is 0 Å². The van der Waals surface area contributed by atoms with E-state index in [4.69, 9.17) is 9.47 Å². The summed E-state index contributed by atoms with van der Waals surface area (Å²) in [6.45, 7) is 0.934. The fraction of sp³-hybridized carbons (Fsp3) is 0.417. The zero-order valence-electron chi connectivity index (χ0n) is 8.73. The minimum Gasteiger partial charge on any atom is -0.468 e. The van der Waals surface area contributed by atoms with Gasteiger partial charge in [0.05, 0.1) is 20.3 Å². The number of ether oxygens (including phenoxy) is 2. The normalized spacial score (nSPS) is 17.9. The molecule has 0 saturated carbocycles. The molecule has 0 aromatic heterocycles. The Hall–Kier alpha value is -1.35. The highest BCUT2D eigenvalue weighted by Gasteiger charge is 2.46. The number of hydrogen-bond acceptors (Lipinski definition) is 3. The van der Waals surface area contributed by atoms with Gasteiger partial charge in [0, 0.05) is 0 Å². The quantitative estimate of drug-likeness (QED) is 0.702. The number of carbonyl (C=O) groups excluding carboxylic acids is 1. The molecule has 3 nitrogen and oxygen atoms in total. The van der Waals surface area contributed by atoms with Crippen LogP contribution in [-0.4, -0.2) is 26.3 Å². The van der Waals surface area contributed by atoms with Crippen molar-refractivity contribution in [3.8, 4) is 0 Å². The summed E-state index contributed by atoms with van der Waals surface area (Å²) in [5.74, 6) is -0.169. The van der Waals surface area contributed by atoms with Crippen LogP contribution in [-0.2, 0) is 20.7 Å². The first-order valence-electron chi connectivity index (χ1n) is 4.97. The number of benzene rings is 1. The summed E-state index contributed by atoms with van der Waals surface area (Å²) in [5.41, 5.74) is 0.696. The molecule has 0 aliphatic carbocycles. The Morgan fingerprint density at radius 2 is 2.07 bits per heavy atom. The van der Waals surface area contributed by atoms with E-state index >= 15 is 0 Å². The van der Waals surface area contributed by atoms with E-state index < -0.39 is 5.41 Å². The summed E-state index contributed by atoms with van der Waals surface area (Å²) in [5, 5.41) is 0. The monoisotopic (exact) mass is 206 g/mol. The third kappa shape index (κ3) is 1.88. The molecule has 0 amide bonds. The number of esters is 1. The van der Waals surface area contributed by atoms with Gasteiger partial charge in [-0.1, -0.05) is 30.3 Å². The molecule has 1 aliphatic heterocycles. The number of hydrogen-bond donors (Lipinski definition) is 0. The SMILES string of the molecule is COC(=O)C1(Cc2ccccc2)COC1. The highest BCUT2D eigenvalue weighted by molar-refractivity contribution is 5.78. The predicted octanol–water partition coefficient (Wildman–Crippen LogP) is 1.42. The first kappa shape index (κ1) is 10.2. The molecule has 2 rings (SSSR count). The first-order valence-corrected chi connectivity index (χ1v) is 4.97. The highest BCUT2D eigenvalue weighted by atomic mass is 16.5. The van der Waals surface area contributed by atoms with Crippen LogP contribution in [0.5, 0.6) is 0 Å². The van der Waals surface area contributed by atoms with Crippen LogP contribution in [0.3, 0.4) is 0 Å². The van der Waals surface area contributed by atoms with E-state index in [1.165, 1.54) is 7.11 Å². The summed E-state index contributed by atoms with van der Waals surface area (Å²) in [6, 6.07) is 9.94. The van der Waals surface area contributed by atoms with Crippen molar-refractivity contribution in [2.45, 2.75) is 6.42 Å². The number of rotatable bonds is 3. The molecule has 80 valence electrons. The van der Waals surface area contributed by atoms with Crippen LogP contribution in [0.1, 0.15) is 5.56 Å². The fourth-order valence-electron chi connectivity index (χ4n) is 1.84. The van der Waals surface area contributed by atoms with Gasteiger partial charge in [-0.25, -0.2) is 0 Å². The van der Waals surface area contributed by atoms with E-state index in [0.29, 0.717) is 19.6 Å². The largest absolute Gasteiger partial charge is 0.468 e. The van der Waals surface area contributed by atoms with Crippen LogP contribution in [0, 0.1) is 5.41 Å². The van der Waals surface area contributed by atoms with E-state index in [0.717, 1.165) is 5.56 Å². The summed E-state index contributed by atoms with van der Waals surface area (Å²) in [6.07, 6.45) is 0.695. The Labute approximate surface area is 89.0 Å². The van der Waals surface area contributed by atoms with Crippen LogP contribution in [0.15, 0.2) is 30.3 Å². The molecule has 1 saturated heterocycles. The molecular formula is C12H14O3. The van der Waals surface area contributed by atoms with Gasteiger partial charge in [-0.15, -0.1) is 0 Å². The van der Waals surface area contributed by atoms with Gasteiger partial charge >= 0.3 is 5.97 Å². The number of methoxy groups -OCH3 is 1. The van der Waals surface area contributed by atoms with Crippen molar-refractivity contribution in [3.63, 3.8) is 0 Å². The second-order valence-corrected chi connectivity index (χ2v) is 3.93. The molecule has 1 fully saturated rings. The molecule has 1 aliphatic rings. The molecule has 0 unspecified atom stereocenters. The molecule has 0 spiro atoms. The van der Waals surface area contributed by atoms with Crippen molar-refractivity contribution in [2.75, 3.05) is 20.3 Å². The number of carbonyl (C=O) groups is 1. The molecular weight excluding hydrogens is 192 g/mol. The topological polar surface area (TPSA) is 35.5 Å². The van der Waals surface area contributed by atoms with E-state index in [1.54, 1.807) is 0 Å². The average Bonchev–Trinajstić information content (AvgIpc) is 2.24. The molecule has 0 N–H and O–H groups in total. The fourth-order valence-corrected chi connectivity index (χ4v) is 1.84. The lowest BCUT2D eigenvalue weighted by Crippen LogP contribution is -2.51. The Balaban J connectivity index is 2.12. The standard InChI is InChI=1S/C12H14O3/c1-14-11(13)12(8-15-9-12)7-10-5-3-2-4-6-10/h2-6H,7-9H2,1H3. The summed E-state index contributed by atoms with van der Waals surface area (Å²) in [7, 11) is 1.42. The Morgan fingerprint density at radius 3 is 2.53 bits per heavy atom. The zero-order chi connectivity index (χ0) is 10.7. The van der Waals surface area contributed by atoms with Gasteiger partial charge in [0.25, 0.3) is 0 Å². The van der Waals surface area contributed by atoms with Crippen LogP contribution in [0.4, 0.5) is 0 Å². The van der Waals surface area contributed by atoms with E-state index in [9.17, 15) is 4.79 Å². The van der Waals surface area contributed by atoms with Crippen molar-refractivity contribution >= 4 is 5.97 Å². The molecule has 1 aromatic rings. The lowest BCUT2D eigenvalue weighted by atomic mass is 9.80. The second-order valence-electron chi connectivity index (χ2n) is 3.93. The molecule has 0 radical (unpaired) electrons. The average molecular weight is 206 g/mol. The van der Waals surface area contributed by atoms with E-state index in [-0.39, 0.29) is 5.97 Å². The minimum atomic E-state index is -0.448. The molecule has 1 aromatic carbocycles. The first-order chi connectivity index (χ1) is 7.27. The van der Waals surface area contributed by atoms with Gasteiger partial charge in [0.1, 0.15) is 5.41 Å². The van der Waals surface area contributed by atoms with Gasteiger partial charge in [-0.2, -0.15) is 0 Å². The molecule has 1 heterocycles. The summed E-state index contributed by atoms with van der Waals surface area (Å²) < 4.78 is 9.94. The van der Waals surface area contributed by atoms with Gasteiger partial charge in [0.15, 0.2) is 0 Å². The van der Waals surface area contributed by atoms with Crippen LogP contribution in [0.2, 0.25) is 0 Å². The van der Waals surface area contributed by atoms with Gasteiger partial charge in [-0.3, -0.25) is 4.79 Å². The van der Waals surface area contributed by atoms with E-state index in [2.05, 4.69) is 0 Å². The highest BCUT2D eigenvalue weighted by Crippen LogP contribution is 2.32. The molecule has 0 atom stereocenters.